The topological polar surface area (TPSA) is 78.2 Å². The van der Waals surface area contributed by atoms with E-state index in [1.165, 1.54) is 24.3 Å². The largest absolute Gasteiger partial charge is 0.478 e. The summed E-state index contributed by atoms with van der Waals surface area (Å²) in [6.45, 7) is 0. The minimum absolute atomic E-state index is 0.0641. The van der Waals surface area contributed by atoms with Crippen molar-refractivity contribution >= 4 is 16.8 Å². The molecular weight excluding hydrogens is 293 g/mol. The molecule has 2 aromatic rings. The number of hydrogen-bond acceptors (Lipinski definition) is 3. The number of carboxylic acids is 1. The molecule has 0 saturated heterocycles. The molecule has 1 N–H and O–H groups in total. The minimum atomic E-state index is -1.69. The van der Waals surface area contributed by atoms with Crippen LogP contribution in [0.2, 0.25) is 0 Å². The molecule has 2 rings (SSSR count). The number of rotatable bonds is 4. The Labute approximate surface area is 122 Å². The molecule has 1 atom stereocenters. The SMILES string of the molecule is N#Cc1ccc(F)cc1CS(=O)c1ccccc1C(=O)O. The Kier molecular flexibility index (Phi) is 4.45. The summed E-state index contributed by atoms with van der Waals surface area (Å²) in [4.78, 5) is 11.3. The van der Waals surface area contributed by atoms with Gasteiger partial charge in [-0.3, -0.25) is 4.21 Å². The van der Waals surface area contributed by atoms with Crippen molar-refractivity contribution in [3.63, 3.8) is 0 Å². The third kappa shape index (κ3) is 3.33. The number of nitrogens with zero attached hydrogens (tertiary/aromatic N) is 1. The maximum Gasteiger partial charge on any atom is 0.336 e. The molecule has 4 nitrogen and oxygen atoms in total. The molecule has 0 fully saturated rings. The lowest BCUT2D eigenvalue weighted by atomic mass is 10.1. The highest BCUT2D eigenvalue weighted by molar-refractivity contribution is 7.84. The predicted octanol–water partition coefficient (Wildman–Crippen LogP) is 2.70. The van der Waals surface area contributed by atoms with E-state index >= 15 is 0 Å². The number of benzene rings is 2. The van der Waals surface area contributed by atoms with Crippen LogP contribution in [0, 0.1) is 17.1 Å². The lowest BCUT2D eigenvalue weighted by Gasteiger charge is -2.07. The quantitative estimate of drug-likeness (QED) is 0.942. The second-order valence-electron chi connectivity index (χ2n) is 4.20. The van der Waals surface area contributed by atoms with Gasteiger partial charge in [0.1, 0.15) is 5.82 Å². The van der Waals surface area contributed by atoms with Gasteiger partial charge in [-0.25, -0.2) is 9.18 Å². The van der Waals surface area contributed by atoms with Crippen molar-refractivity contribution in [3.8, 4) is 6.07 Å². The van der Waals surface area contributed by atoms with E-state index in [0.717, 1.165) is 12.1 Å². The second-order valence-corrected chi connectivity index (χ2v) is 5.62. The maximum absolute atomic E-state index is 13.2. The normalized spacial score (nSPS) is 11.6. The van der Waals surface area contributed by atoms with Crippen molar-refractivity contribution in [2.75, 3.05) is 0 Å². The van der Waals surface area contributed by atoms with Crippen molar-refractivity contribution < 1.29 is 18.5 Å². The van der Waals surface area contributed by atoms with E-state index in [0.29, 0.717) is 0 Å². The number of carboxylic acid groups (broad SMARTS) is 1. The highest BCUT2D eigenvalue weighted by Gasteiger charge is 2.16. The average molecular weight is 303 g/mol. The van der Waals surface area contributed by atoms with Gasteiger partial charge in [0.25, 0.3) is 0 Å². The summed E-state index contributed by atoms with van der Waals surface area (Å²) in [5.41, 5.74) is 0.444. The van der Waals surface area contributed by atoms with Gasteiger partial charge < -0.3 is 5.11 Å². The Morgan fingerprint density at radius 1 is 1.29 bits per heavy atom. The van der Waals surface area contributed by atoms with Crippen LogP contribution in [-0.2, 0) is 16.6 Å². The molecule has 0 aliphatic carbocycles. The second kappa shape index (κ2) is 6.29. The summed E-state index contributed by atoms with van der Waals surface area (Å²) in [6, 6.07) is 11.4. The molecule has 0 bridgehead atoms. The Bertz CT molecular complexity index is 768. The number of carbonyl (C=O) groups is 1. The van der Waals surface area contributed by atoms with Gasteiger partial charge in [0.05, 0.1) is 38.6 Å². The molecular formula is C15H10FNO3S. The summed E-state index contributed by atoms with van der Waals surface area (Å²) >= 11 is 0. The lowest BCUT2D eigenvalue weighted by molar-refractivity contribution is 0.0693. The van der Waals surface area contributed by atoms with Crippen molar-refractivity contribution in [2.45, 2.75) is 10.6 Å². The van der Waals surface area contributed by atoms with Gasteiger partial charge in [0.2, 0.25) is 0 Å². The first kappa shape index (κ1) is 14.9. The third-order valence-corrected chi connectivity index (χ3v) is 4.26. The van der Waals surface area contributed by atoms with Crippen LogP contribution < -0.4 is 0 Å². The summed E-state index contributed by atoms with van der Waals surface area (Å²) in [5, 5.41) is 18.0. The molecule has 21 heavy (non-hydrogen) atoms. The molecule has 0 spiro atoms. The van der Waals surface area contributed by atoms with Gasteiger partial charge in [-0.15, -0.1) is 0 Å². The van der Waals surface area contributed by atoms with Crippen LogP contribution in [0.1, 0.15) is 21.5 Å². The first-order valence-electron chi connectivity index (χ1n) is 5.92. The fourth-order valence-electron chi connectivity index (χ4n) is 1.85. The van der Waals surface area contributed by atoms with Gasteiger partial charge in [-0.05, 0) is 35.9 Å². The van der Waals surface area contributed by atoms with Crippen molar-refractivity contribution in [1.82, 2.24) is 0 Å². The summed E-state index contributed by atoms with van der Waals surface area (Å²) in [7, 11) is -1.69. The summed E-state index contributed by atoms with van der Waals surface area (Å²) in [6.07, 6.45) is 0. The highest BCUT2D eigenvalue weighted by Crippen LogP contribution is 2.19. The molecule has 0 aromatic heterocycles. The Morgan fingerprint density at radius 2 is 2.00 bits per heavy atom. The van der Waals surface area contributed by atoms with Gasteiger partial charge in [0, 0.05) is 0 Å². The first-order chi connectivity index (χ1) is 10.0. The first-order valence-corrected chi connectivity index (χ1v) is 7.24. The average Bonchev–Trinajstić information content (AvgIpc) is 2.47. The lowest BCUT2D eigenvalue weighted by Crippen LogP contribution is -2.06. The zero-order valence-electron chi connectivity index (χ0n) is 10.7. The molecule has 0 aliphatic heterocycles. The Balaban J connectivity index is 2.38. The predicted molar refractivity (Wildman–Crippen MR) is 74.6 cm³/mol. The smallest absolute Gasteiger partial charge is 0.336 e. The van der Waals surface area contributed by atoms with Gasteiger partial charge in [0.15, 0.2) is 0 Å². The minimum Gasteiger partial charge on any atom is -0.478 e. The zero-order chi connectivity index (χ0) is 15.4. The number of halogens is 1. The molecule has 0 saturated carbocycles. The zero-order valence-corrected chi connectivity index (χ0v) is 11.6. The summed E-state index contributed by atoms with van der Waals surface area (Å²) in [5.74, 6) is -1.84. The van der Waals surface area contributed by atoms with E-state index in [2.05, 4.69) is 0 Å². The number of hydrogen-bond donors (Lipinski definition) is 1. The van der Waals surface area contributed by atoms with Crippen LogP contribution in [0.3, 0.4) is 0 Å². The molecule has 0 heterocycles. The van der Waals surface area contributed by atoms with Gasteiger partial charge in [-0.2, -0.15) is 5.26 Å². The number of nitriles is 1. The molecule has 106 valence electrons. The van der Waals surface area contributed by atoms with E-state index in [9.17, 15) is 13.4 Å². The fourth-order valence-corrected chi connectivity index (χ4v) is 3.16. The van der Waals surface area contributed by atoms with E-state index in [4.69, 9.17) is 10.4 Å². The standard InChI is InChI=1S/C15H10FNO3S/c16-12-6-5-10(8-17)11(7-12)9-21(20)14-4-2-1-3-13(14)15(18)19/h1-7H,9H2,(H,18,19). The summed E-state index contributed by atoms with van der Waals surface area (Å²) < 4.78 is 25.6. The molecule has 0 amide bonds. The third-order valence-electron chi connectivity index (χ3n) is 2.84. The van der Waals surface area contributed by atoms with E-state index in [-0.39, 0.29) is 27.3 Å². The fraction of sp³-hybridized carbons (Fsp3) is 0.0667. The molecule has 0 aliphatic rings. The van der Waals surface area contributed by atoms with Crippen molar-refractivity contribution in [1.29, 1.82) is 5.26 Å². The van der Waals surface area contributed by atoms with Crippen molar-refractivity contribution in [3.05, 3.63) is 65.0 Å². The van der Waals surface area contributed by atoms with Crippen LogP contribution >= 0.6 is 0 Å². The van der Waals surface area contributed by atoms with Crippen LogP contribution in [0.4, 0.5) is 4.39 Å². The maximum atomic E-state index is 13.2. The van der Waals surface area contributed by atoms with Crippen LogP contribution in [0.5, 0.6) is 0 Å². The van der Waals surface area contributed by atoms with E-state index in [1.54, 1.807) is 6.07 Å². The van der Waals surface area contributed by atoms with Crippen LogP contribution in [0.25, 0.3) is 0 Å². The van der Waals surface area contributed by atoms with Gasteiger partial charge >= 0.3 is 5.97 Å². The molecule has 0 radical (unpaired) electrons. The Hall–Kier alpha value is -2.52. The molecule has 2 aromatic carbocycles. The Morgan fingerprint density at radius 3 is 2.67 bits per heavy atom. The molecule has 1 unspecified atom stereocenters. The van der Waals surface area contributed by atoms with E-state index < -0.39 is 22.6 Å². The monoisotopic (exact) mass is 303 g/mol. The van der Waals surface area contributed by atoms with Crippen LogP contribution in [-0.4, -0.2) is 15.3 Å². The molecule has 6 heteroatoms. The van der Waals surface area contributed by atoms with E-state index in [1.807, 2.05) is 6.07 Å². The van der Waals surface area contributed by atoms with Crippen LogP contribution in [0.15, 0.2) is 47.4 Å². The number of aromatic carboxylic acids is 1. The van der Waals surface area contributed by atoms with Gasteiger partial charge in [-0.1, -0.05) is 12.1 Å². The highest BCUT2D eigenvalue weighted by atomic mass is 32.2. The van der Waals surface area contributed by atoms with Crippen molar-refractivity contribution in [2.24, 2.45) is 0 Å².